The molecular weight excluding hydrogens is 457 g/mol. The summed E-state index contributed by atoms with van der Waals surface area (Å²) in [6.07, 6.45) is 5.87. The van der Waals surface area contributed by atoms with E-state index in [1.54, 1.807) is 28.4 Å². The molecule has 0 radical (unpaired) electrons. The van der Waals surface area contributed by atoms with Gasteiger partial charge in [-0.25, -0.2) is 4.79 Å². The Balaban J connectivity index is 1.73. The van der Waals surface area contributed by atoms with Crippen molar-refractivity contribution in [3.8, 4) is 6.07 Å². The molecule has 2 heterocycles. The quantitative estimate of drug-likeness (QED) is 0.476. The van der Waals surface area contributed by atoms with E-state index in [-0.39, 0.29) is 17.2 Å². The summed E-state index contributed by atoms with van der Waals surface area (Å²) < 4.78 is 7.27. The Morgan fingerprint density at radius 2 is 2.10 bits per heavy atom. The van der Waals surface area contributed by atoms with Crippen LogP contribution < -0.4 is 5.32 Å². The molecule has 31 heavy (non-hydrogen) atoms. The number of nitrogens with one attached hydrogen (secondary N) is 1. The Bertz CT molecular complexity index is 1160. The molecule has 1 N–H and O–H groups in total. The molecule has 2 aromatic heterocycles. The van der Waals surface area contributed by atoms with E-state index in [1.807, 2.05) is 30.7 Å². The van der Waals surface area contributed by atoms with E-state index >= 15 is 0 Å². The van der Waals surface area contributed by atoms with Crippen LogP contribution in [0.5, 0.6) is 0 Å². The van der Waals surface area contributed by atoms with Crippen molar-refractivity contribution in [3.63, 3.8) is 0 Å². The number of benzene rings is 1. The second kappa shape index (κ2) is 10.6. The van der Waals surface area contributed by atoms with Gasteiger partial charge in [-0.15, -0.1) is 0 Å². The average molecular weight is 476 g/mol. The zero-order valence-electron chi connectivity index (χ0n) is 16.6. The lowest BCUT2D eigenvalue weighted by Crippen LogP contribution is -2.42. The molecule has 0 aliphatic rings. The number of aromatic nitrogens is 1. The number of carbonyl (C=O) groups excluding carboxylic acids is 2. The van der Waals surface area contributed by atoms with Gasteiger partial charge in [-0.1, -0.05) is 29.3 Å². The van der Waals surface area contributed by atoms with Crippen molar-refractivity contribution >= 4 is 52.4 Å². The first-order valence-electron chi connectivity index (χ1n) is 9.34. The highest BCUT2D eigenvalue weighted by Crippen LogP contribution is 2.22. The molecule has 0 bridgehead atoms. The maximum atomic E-state index is 12.8. The Hall–Kier alpha value is -2.66. The number of amides is 1. The number of rotatable bonds is 8. The van der Waals surface area contributed by atoms with Crippen LogP contribution in [0.25, 0.3) is 5.52 Å². The number of esters is 1. The van der Waals surface area contributed by atoms with Crippen molar-refractivity contribution in [1.29, 1.82) is 5.26 Å². The Labute approximate surface area is 194 Å². The molecule has 1 unspecified atom stereocenters. The van der Waals surface area contributed by atoms with Gasteiger partial charge in [-0.3, -0.25) is 4.79 Å². The minimum absolute atomic E-state index is 0.0727. The van der Waals surface area contributed by atoms with E-state index in [9.17, 15) is 14.9 Å². The monoisotopic (exact) mass is 475 g/mol. The zero-order chi connectivity index (χ0) is 22.4. The molecule has 160 valence electrons. The lowest BCUT2D eigenvalue weighted by Gasteiger charge is -2.18. The van der Waals surface area contributed by atoms with Crippen molar-refractivity contribution in [2.24, 2.45) is 0 Å². The number of nitriles is 1. The molecule has 0 saturated heterocycles. The third-order valence-corrected chi connectivity index (χ3v) is 5.81. The minimum Gasteiger partial charge on any atom is -0.459 e. The zero-order valence-corrected chi connectivity index (χ0v) is 18.9. The third kappa shape index (κ3) is 5.53. The summed E-state index contributed by atoms with van der Waals surface area (Å²) in [4.78, 5) is 25.4. The highest BCUT2D eigenvalue weighted by Gasteiger charge is 2.24. The van der Waals surface area contributed by atoms with Gasteiger partial charge in [0.25, 0.3) is 5.91 Å². The van der Waals surface area contributed by atoms with Crippen molar-refractivity contribution in [2.45, 2.75) is 19.1 Å². The van der Waals surface area contributed by atoms with Crippen LogP contribution in [0.2, 0.25) is 10.0 Å². The first-order chi connectivity index (χ1) is 14.9. The molecule has 1 atom stereocenters. The van der Waals surface area contributed by atoms with Crippen LogP contribution >= 0.6 is 35.0 Å². The Kier molecular flexibility index (Phi) is 7.85. The van der Waals surface area contributed by atoms with Crippen LogP contribution in [-0.2, 0) is 16.1 Å². The van der Waals surface area contributed by atoms with Crippen molar-refractivity contribution in [3.05, 3.63) is 75.5 Å². The van der Waals surface area contributed by atoms with E-state index in [0.717, 1.165) is 5.52 Å². The third-order valence-electron chi connectivity index (χ3n) is 4.62. The lowest BCUT2D eigenvalue weighted by atomic mass is 10.1. The normalized spacial score (nSPS) is 11.7. The number of ether oxygens (including phenoxy) is 1. The number of hydrogen-bond donors (Lipinski definition) is 1. The Morgan fingerprint density at radius 1 is 1.29 bits per heavy atom. The van der Waals surface area contributed by atoms with Crippen molar-refractivity contribution in [2.75, 3.05) is 12.0 Å². The van der Waals surface area contributed by atoms with Gasteiger partial charge in [-0.05, 0) is 48.8 Å². The number of carbonyl (C=O) groups is 2. The molecule has 3 rings (SSSR count). The highest BCUT2D eigenvalue weighted by molar-refractivity contribution is 7.98. The van der Waals surface area contributed by atoms with E-state index in [0.29, 0.717) is 28.3 Å². The molecule has 9 heteroatoms. The molecule has 1 amide bonds. The number of thioether (sulfide) groups is 1. The van der Waals surface area contributed by atoms with Gasteiger partial charge in [0, 0.05) is 23.0 Å². The summed E-state index contributed by atoms with van der Waals surface area (Å²) in [7, 11) is 0. The molecule has 3 aromatic rings. The summed E-state index contributed by atoms with van der Waals surface area (Å²) in [6, 6.07) is 11.3. The van der Waals surface area contributed by atoms with Gasteiger partial charge in [-0.2, -0.15) is 17.0 Å². The van der Waals surface area contributed by atoms with Crippen LogP contribution in [0.4, 0.5) is 0 Å². The molecule has 0 fully saturated rings. The number of halogens is 2. The van der Waals surface area contributed by atoms with Gasteiger partial charge in [0.1, 0.15) is 18.7 Å². The predicted octanol–water partition coefficient (Wildman–Crippen LogP) is 4.71. The summed E-state index contributed by atoms with van der Waals surface area (Å²) >= 11 is 13.5. The fourth-order valence-corrected chi connectivity index (χ4v) is 4.03. The topological polar surface area (TPSA) is 83.6 Å². The maximum Gasteiger partial charge on any atom is 0.329 e. The fraction of sp³-hybridized carbons (Fsp3) is 0.227. The SMILES string of the molecule is CSCCC(NC(=O)c1ccc(Cl)cc1Cl)C(=O)OCc1cn2ccccc2c1C#N. The van der Waals surface area contributed by atoms with Gasteiger partial charge in [0.15, 0.2) is 0 Å². The molecule has 0 spiro atoms. The van der Waals surface area contributed by atoms with Gasteiger partial charge >= 0.3 is 5.97 Å². The molecule has 0 saturated carbocycles. The van der Waals surface area contributed by atoms with Crippen LogP contribution in [0, 0.1) is 11.3 Å². The maximum absolute atomic E-state index is 12.8. The van der Waals surface area contributed by atoms with Crippen LogP contribution in [0.3, 0.4) is 0 Å². The van der Waals surface area contributed by atoms with E-state index < -0.39 is 17.9 Å². The second-order valence-electron chi connectivity index (χ2n) is 6.67. The van der Waals surface area contributed by atoms with Crippen LogP contribution in [0.1, 0.15) is 27.9 Å². The van der Waals surface area contributed by atoms with E-state index in [2.05, 4.69) is 11.4 Å². The first kappa shape index (κ1) is 23.0. The van der Waals surface area contributed by atoms with E-state index in [4.69, 9.17) is 27.9 Å². The number of pyridine rings is 1. The first-order valence-corrected chi connectivity index (χ1v) is 11.5. The number of nitrogens with zero attached hydrogens (tertiary/aromatic N) is 2. The van der Waals surface area contributed by atoms with Gasteiger partial charge in [0.2, 0.25) is 0 Å². The summed E-state index contributed by atoms with van der Waals surface area (Å²) in [5.41, 5.74) is 2.00. The second-order valence-corrected chi connectivity index (χ2v) is 8.50. The minimum atomic E-state index is -0.853. The number of hydrogen-bond acceptors (Lipinski definition) is 5. The fourth-order valence-electron chi connectivity index (χ4n) is 3.06. The van der Waals surface area contributed by atoms with Crippen LogP contribution in [-0.4, -0.2) is 34.3 Å². The summed E-state index contributed by atoms with van der Waals surface area (Å²) in [5.74, 6) is -0.419. The highest BCUT2D eigenvalue weighted by atomic mass is 35.5. The van der Waals surface area contributed by atoms with Gasteiger partial charge < -0.3 is 14.5 Å². The van der Waals surface area contributed by atoms with Crippen molar-refractivity contribution < 1.29 is 14.3 Å². The van der Waals surface area contributed by atoms with E-state index in [1.165, 1.54) is 12.1 Å². The molecule has 0 aliphatic heterocycles. The summed E-state index contributed by atoms with van der Waals surface area (Å²) in [5, 5.41) is 12.8. The average Bonchev–Trinajstić information content (AvgIpc) is 3.12. The van der Waals surface area contributed by atoms with Crippen LogP contribution in [0.15, 0.2) is 48.8 Å². The van der Waals surface area contributed by atoms with Crippen molar-refractivity contribution in [1.82, 2.24) is 9.72 Å². The molecular formula is C22H19Cl2N3O3S. The Morgan fingerprint density at radius 3 is 2.81 bits per heavy atom. The molecule has 1 aromatic carbocycles. The van der Waals surface area contributed by atoms with Gasteiger partial charge in [0.05, 0.1) is 21.7 Å². The smallest absolute Gasteiger partial charge is 0.329 e. The molecule has 0 aliphatic carbocycles. The predicted molar refractivity (Wildman–Crippen MR) is 123 cm³/mol. The summed E-state index contributed by atoms with van der Waals surface area (Å²) in [6.45, 7) is -0.0727. The largest absolute Gasteiger partial charge is 0.459 e. The molecule has 6 nitrogen and oxygen atoms in total. The standard InChI is InChI=1S/C22H19Cl2N3O3S/c1-31-9-7-19(26-21(28)16-6-5-15(23)10-18(16)24)22(29)30-13-14-12-27-8-3-2-4-20(27)17(14)11-25/h2-6,8,10,12,19H,7,9,13H2,1H3,(H,26,28). The lowest BCUT2D eigenvalue weighted by molar-refractivity contribution is -0.147. The number of fused-ring (bicyclic) bond motifs is 1.